The van der Waals surface area contributed by atoms with Gasteiger partial charge in [-0.15, -0.1) is 0 Å². The summed E-state index contributed by atoms with van der Waals surface area (Å²) in [6.45, 7) is 7.54. The molecule has 3 fully saturated rings. The van der Waals surface area contributed by atoms with Crippen molar-refractivity contribution in [3.05, 3.63) is 11.8 Å². The second-order valence-corrected chi connectivity index (χ2v) is 11.5. The quantitative estimate of drug-likeness (QED) is 0.290. The molecule has 7 unspecified atom stereocenters. The van der Waals surface area contributed by atoms with E-state index in [0.29, 0.717) is 40.9 Å². The van der Waals surface area contributed by atoms with Crippen LogP contribution in [0.25, 0.3) is 0 Å². The third-order valence-corrected chi connectivity index (χ3v) is 10.5. The fraction of sp³-hybridized carbons (Fsp3) is 0.880. The standard InChI is InChI=1S/C25H39IO3/c1-16(8-11-22(27)28-4)18-9-10-19-23-20(12-14-25(18,19)3)24(2)13-6-5-7-17(24)15-21(23)29-26/h15-20,23H,5-14H2,1-4H3/t16-,17?,18?,19?,20?,23?,24?,25?/m1/s1. The lowest BCUT2D eigenvalue weighted by atomic mass is 9.46. The highest BCUT2D eigenvalue weighted by molar-refractivity contribution is 14.1. The molecule has 0 aromatic rings. The molecule has 0 aromatic heterocycles. The Bertz CT molecular complexity index is 660. The van der Waals surface area contributed by atoms with Gasteiger partial charge in [-0.25, -0.2) is 0 Å². The molecule has 0 radical (unpaired) electrons. The number of carbonyl (C=O) groups is 1. The zero-order valence-electron chi connectivity index (χ0n) is 18.7. The summed E-state index contributed by atoms with van der Waals surface area (Å²) in [5.74, 6) is 5.36. The van der Waals surface area contributed by atoms with E-state index < -0.39 is 0 Å². The number of carbonyl (C=O) groups excluding carboxylic acids is 1. The summed E-state index contributed by atoms with van der Waals surface area (Å²) in [7, 11) is 1.50. The Kier molecular flexibility index (Phi) is 6.32. The zero-order valence-corrected chi connectivity index (χ0v) is 20.9. The monoisotopic (exact) mass is 514 g/mol. The van der Waals surface area contributed by atoms with Crippen LogP contribution in [0.1, 0.15) is 85.0 Å². The number of ether oxygens (including phenoxy) is 1. The van der Waals surface area contributed by atoms with Gasteiger partial charge in [0, 0.05) is 12.3 Å². The maximum Gasteiger partial charge on any atom is 0.305 e. The second-order valence-electron chi connectivity index (χ2n) is 11.1. The lowest BCUT2D eigenvalue weighted by Crippen LogP contribution is -2.52. The number of halogens is 1. The van der Waals surface area contributed by atoms with Crippen LogP contribution in [-0.4, -0.2) is 13.1 Å². The van der Waals surface area contributed by atoms with Gasteiger partial charge in [0.2, 0.25) is 0 Å². The van der Waals surface area contributed by atoms with E-state index in [1.54, 1.807) is 0 Å². The highest BCUT2D eigenvalue weighted by Crippen LogP contribution is 2.68. The van der Waals surface area contributed by atoms with Gasteiger partial charge in [-0.1, -0.05) is 33.6 Å². The molecular formula is C25H39IO3. The van der Waals surface area contributed by atoms with Gasteiger partial charge in [-0.05, 0) is 91.4 Å². The Labute approximate surface area is 191 Å². The number of allylic oxidation sites excluding steroid dienone is 2. The number of rotatable bonds is 5. The fourth-order valence-electron chi connectivity index (χ4n) is 8.41. The number of fused-ring (bicyclic) bond motifs is 5. The van der Waals surface area contributed by atoms with Crippen molar-refractivity contribution in [3.8, 4) is 0 Å². The molecule has 3 nitrogen and oxygen atoms in total. The van der Waals surface area contributed by atoms with Gasteiger partial charge in [0.05, 0.1) is 7.11 Å². The van der Waals surface area contributed by atoms with Crippen LogP contribution in [-0.2, 0) is 12.6 Å². The van der Waals surface area contributed by atoms with Gasteiger partial charge in [0.25, 0.3) is 0 Å². The summed E-state index contributed by atoms with van der Waals surface area (Å²) in [4.78, 5) is 11.7. The average molecular weight is 514 g/mol. The van der Waals surface area contributed by atoms with E-state index in [2.05, 4.69) is 49.9 Å². The number of hydrogen-bond acceptors (Lipinski definition) is 3. The zero-order chi connectivity index (χ0) is 20.8. The Morgan fingerprint density at radius 1 is 1.14 bits per heavy atom. The maximum absolute atomic E-state index is 11.7. The molecule has 29 heavy (non-hydrogen) atoms. The van der Waals surface area contributed by atoms with Gasteiger partial charge < -0.3 is 7.80 Å². The molecular weight excluding hydrogens is 475 g/mol. The number of hydrogen-bond donors (Lipinski definition) is 0. The largest absolute Gasteiger partial charge is 0.469 e. The van der Waals surface area contributed by atoms with E-state index in [4.69, 9.17) is 7.80 Å². The number of esters is 1. The van der Waals surface area contributed by atoms with Crippen LogP contribution in [0.3, 0.4) is 0 Å². The van der Waals surface area contributed by atoms with Crippen LogP contribution in [0.5, 0.6) is 0 Å². The molecule has 0 N–H and O–H groups in total. The molecule has 164 valence electrons. The third-order valence-electron chi connectivity index (χ3n) is 10.0. The number of methoxy groups -OCH3 is 1. The first-order valence-corrected chi connectivity index (χ1v) is 12.8. The van der Waals surface area contributed by atoms with Crippen molar-refractivity contribution in [2.24, 2.45) is 46.3 Å². The minimum atomic E-state index is -0.0627. The molecule has 4 aliphatic rings. The molecule has 0 saturated heterocycles. The summed E-state index contributed by atoms with van der Waals surface area (Å²) in [5, 5.41) is 0. The predicted molar refractivity (Wildman–Crippen MR) is 124 cm³/mol. The summed E-state index contributed by atoms with van der Waals surface area (Å²) in [6, 6.07) is 0. The van der Waals surface area contributed by atoms with Crippen LogP contribution in [0, 0.1) is 46.3 Å². The van der Waals surface area contributed by atoms with Crippen molar-refractivity contribution in [3.63, 3.8) is 0 Å². The lowest BCUT2D eigenvalue weighted by Gasteiger charge is -2.59. The summed E-state index contributed by atoms with van der Waals surface area (Å²) in [6.07, 6.45) is 14.9. The van der Waals surface area contributed by atoms with E-state index in [1.165, 1.54) is 64.2 Å². The van der Waals surface area contributed by atoms with Crippen molar-refractivity contribution >= 4 is 29.0 Å². The molecule has 0 aliphatic heterocycles. The minimum absolute atomic E-state index is 0.0627. The van der Waals surface area contributed by atoms with Gasteiger partial charge in [-0.3, -0.25) is 4.79 Å². The highest BCUT2D eigenvalue weighted by atomic mass is 127. The summed E-state index contributed by atoms with van der Waals surface area (Å²) < 4.78 is 11.0. The SMILES string of the molecule is COC(=O)CC[C@@H](C)C1CCC2C3C(OI)=CC4CCCCC4(C)C3CCC21C. The molecule has 4 aliphatic carbocycles. The predicted octanol–water partition coefficient (Wildman–Crippen LogP) is 7.10. The van der Waals surface area contributed by atoms with Crippen LogP contribution < -0.4 is 0 Å². The molecule has 8 atom stereocenters. The van der Waals surface area contributed by atoms with Gasteiger partial charge in [0.15, 0.2) is 23.0 Å². The first kappa shape index (κ1) is 22.0. The molecule has 0 amide bonds. The molecule has 0 spiro atoms. The molecule has 3 saturated carbocycles. The van der Waals surface area contributed by atoms with Crippen molar-refractivity contribution in [2.75, 3.05) is 7.11 Å². The Hall–Kier alpha value is -0.260. The van der Waals surface area contributed by atoms with Crippen LogP contribution in [0.15, 0.2) is 11.8 Å². The fourth-order valence-corrected chi connectivity index (χ4v) is 8.85. The van der Waals surface area contributed by atoms with E-state index in [0.717, 1.165) is 18.3 Å². The Balaban J connectivity index is 1.59. The minimum Gasteiger partial charge on any atom is -0.469 e. The summed E-state index contributed by atoms with van der Waals surface area (Å²) >= 11 is 2.15. The Morgan fingerprint density at radius 2 is 1.90 bits per heavy atom. The first-order chi connectivity index (χ1) is 13.8. The third kappa shape index (κ3) is 3.57. The molecule has 4 heteroatoms. The smallest absolute Gasteiger partial charge is 0.305 e. The van der Waals surface area contributed by atoms with Crippen LogP contribution in [0.2, 0.25) is 0 Å². The van der Waals surface area contributed by atoms with Crippen molar-refractivity contribution in [1.82, 2.24) is 0 Å². The van der Waals surface area contributed by atoms with E-state index in [1.807, 2.05) is 0 Å². The maximum atomic E-state index is 11.7. The topological polar surface area (TPSA) is 35.5 Å². The lowest BCUT2D eigenvalue weighted by molar-refractivity contribution is -0.141. The molecule has 0 aromatic carbocycles. The molecule has 0 heterocycles. The second kappa shape index (κ2) is 8.35. The van der Waals surface area contributed by atoms with Crippen molar-refractivity contribution in [1.29, 1.82) is 0 Å². The van der Waals surface area contributed by atoms with E-state index >= 15 is 0 Å². The first-order valence-electron chi connectivity index (χ1n) is 11.9. The van der Waals surface area contributed by atoms with Crippen LogP contribution in [0.4, 0.5) is 0 Å². The highest BCUT2D eigenvalue weighted by Gasteiger charge is 2.61. The van der Waals surface area contributed by atoms with Crippen LogP contribution >= 0.6 is 23.0 Å². The van der Waals surface area contributed by atoms with Crippen molar-refractivity contribution < 1.29 is 12.6 Å². The van der Waals surface area contributed by atoms with Gasteiger partial charge in [0.1, 0.15) is 5.76 Å². The summed E-state index contributed by atoms with van der Waals surface area (Å²) in [5.41, 5.74) is 0.848. The molecule has 4 rings (SSSR count). The molecule has 0 bridgehead atoms. The van der Waals surface area contributed by atoms with E-state index in [-0.39, 0.29) is 5.97 Å². The normalized spacial score (nSPS) is 44.7. The van der Waals surface area contributed by atoms with Gasteiger partial charge in [-0.2, -0.15) is 0 Å². The Morgan fingerprint density at radius 3 is 2.62 bits per heavy atom. The van der Waals surface area contributed by atoms with E-state index in [9.17, 15) is 4.79 Å². The van der Waals surface area contributed by atoms with Gasteiger partial charge >= 0.3 is 5.97 Å². The average Bonchev–Trinajstić information content (AvgIpc) is 3.08. The van der Waals surface area contributed by atoms with Crippen molar-refractivity contribution in [2.45, 2.75) is 85.0 Å².